The molecule has 1 heterocycles. The number of benzene rings is 1. The first kappa shape index (κ1) is 22.8. The lowest BCUT2D eigenvalue weighted by Crippen LogP contribution is -2.17. The van der Waals surface area contributed by atoms with E-state index in [1.807, 2.05) is 30.3 Å². The second kappa shape index (κ2) is 11.4. The summed E-state index contributed by atoms with van der Waals surface area (Å²) in [6, 6.07) is 12.2. The first-order valence-corrected chi connectivity index (χ1v) is 8.89. The number of hydrogen-bond donors (Lipinski definition) is 0. The summed E-state index contributed by atoms with van der Waals surface area (Å²) in [5.74, 6) is 7.20. The molecule has 2 rings (SSSR count). The van der Waals surface area contributed by atoms with E-state index in [-0.39, 0.29) is 17.8 Å². The Bertz CT molecular complexity index is 770. The molecule has 0 amide bonds. The summed E-state index contributed by atoms with van der Waals surface area (Å²) in [5.41, 5.74) is 2.39. The highest BCUT2D eigenvalue weighted by Gasteiger charge is 2.03. The molecule has 4 heteroatoms. The average Bonchev–Trinajstić information content (AvgIpc) is 2.60. The number of likely N-dealkylation sites (N-methyl/N-ethyl adjacent to an activating group) is 1. The molecule has 1 aromatic carbocycles. The molecule has 2 aromatic rings. The number of halogens is 1. The van der Waals surface area contributed by atoms with Gasteiger partial charge in [0.25, 0.3) is 0 Å². The van der Waals surface area contributed by atoms with E-state index >= 15 is 0 Å². The zero-order valence-electron chi connectivity index (χ0n) is 16.6. The van der Waals surface area contributed by atoms with Gasteiger partial charge in [-0.25, -0.2) is 0 Å². The van der Waals surface area contributed by atoms with E-state index in [2.05, 4.69) is 67.8 Å². The van der Waals surface area contributed by atoms with Crippen molar-refractivity contribution in [3.63, 3.8) is 0 Å². The van der Waals surface area contributed by atoms with Gasteiger partial charge in [0, 0.05) is 30.9 Å². The predicted molar refractivity (Wildman–Crippen MR) is 115 cm³/mol. The van der Waals surface area contributed by atoms with Gasteiger partial charge in [0.1, 0.15) is 12.4 Å². The Morgan fingerprint density at radius 3 is 2.56 bits per heavy atom. The SMILES string of the molecule is CN(CC=CC#CC(C)(C)C)Cc1cccc(OCc2ccncc2)c1.Cl. The van der Waals surface area contributed by atoms with Crippen LogP contribution in [0.2, 0.25) is 0 Å². The van der Waals surface area contributed by atoms with Gasteiger partial charge >= 0.3 is 0 Å². The number of aromatic nitrogens is 1. The molecule has 0 saturated heterocycles. The number of ether oxygens (including phenoxy) is 1. The fourth-order valence-electron chi connectivity index (χ4n) is 2.31. The maximum Gasteiger partial charge on any atom is 0.120 e. The molecular formula is C23H29ClN2O. The molecule has 27 heavy (non-hydrogen) atoms. The molecule has 0 atom stereocenters. The Balaban J connectivity index is 0.00000364. The van der Waals surface area contributed by atoms with Gasteiger partial charge in [0.2, 0.25) is 0 Å². The first-order chi connectivity index (χ1) is 12.4. The van der Waals surface area contributed by atoms with Gasteiger partial charge in [-0.3, -0.25) is 9.88 Å². The molecule has 0 aliphatic heterocycles. The van der Waals surface area contributed by atoms with Crippen LogP contribution >= 0.6 is 12.4 Å². The van der Waals surface area contributed by atoms with E-state index in [0.29, 0.717) is 6.61 Å². The van der Waals surface area contributed by atoms with Crippen LogP contribution in [0.1, 0.15) is 31.9 Å². The summed E-state index contributed by atoms with van der Waals surface area (Å²) in [5, 5.41) is 0. The zero-order valence-corrected chi connectivity index (χ0v) is 17.4. The van der Waals surface area contributed by atoms with Crippen LogP contribution in [0, 0.1) is 17.3 Å². The Kier molecular flexibility index (Phi) is 9.64. The summed E-state index contributed by atoms with van der Waals surface area (Å²) in [4.78, 5) is 6.27. The standard InChI is InChI=1S/C23H28N2O.ClH/c1-23(2,3)13-6-5-7-16-25(4)18-21-9-8-10-22(17-21)26-19-20-11-14-24-15-12-20;/h5,7-12,14-15,17H,16,18-19H2,1-4H3;1H. The lowest BCUT2D eigenvalue weighted by atomic mass is 9.98. The third kappa shape index (κ3) is 9.84. The minimum atomic E-state index is 0. The molecule has 0 aliphatic rings. The van der Waals surface area contributed by atoms with Crippen molar-refractivity contribution in [2.75, 3.05) is 13.6 Å². The second-order valence-corrected chi connectivity index (χ2v) is 7.41. The molecule has 0 spiro atoms. The van der Waals surface area contributed by atoms with Crippen LogP contribution in [0.3, 0.4) is 0 Å². The van der Waals surface area contributed by atoms with E-state index < -0.39 is 0 Å². The van der Waals surface area contributed by atoms with Gasteiger partial charge < -0.3 is 4.74 Å². The van der Waals surface area contributed by atoms with Gasteiger partial charge in [-0.1, -0.05) is 30.0 Å². The topological polar surface area (TPSA) is 25.4 Å². The molecule has 0 radical (unpaired) electrons. The van der Waals surface area contributed by atoms with Gasteiger partial charge in [0.05, 0.1) is 0 Å². The van der Waals surface area contributed by atoms with E-state index in [0.717, 1.165) is 24.4 Å². The van der Waals surface area contributed by atoms with E-state index in [4.69, 9.17) is 4.74 Å². The predicted octanol–water partition coefficient (Wildman–Crippen LogP) is 5.12. The third-order valence-electron chi connectivity index (χ3n) is 3.57. The number of pyridine rings is 1. The van der Waals surface area contributed by atoms with Gasteiger partial charge in [-0.05, 0) is 69.3 Å². The molecular weight excluding hydrogens is 356 g/mol. The lowest BCUT2D eigenvalue weighted by Gasteiger charge is -2.15. The Hall–Kier alpha value is -2.28. The van der Waals surface area contributed by atoms with Crippen LogP contribution in [-0.4, -0.2) is 23.5 Å². The number of hydrogen-bond acceptors (Lipinski definition) is 3. The highest BCUT2D eigenvalue weighted by Crippen LogP contribution is 2.16. The fraction of sp³-hybridized carbons (Fsp3) is 0.348. The third-order valence-corrected chi connectivity index (χ3v) is 3.57. The monoisotopic (exact) mass is 384 g/mol. The molecule has 0 N–H and O–H groups in total. The van der Waals surface area contributed by atoms with Crippen LogP contribution < -0.4 is 4.74 Å². The maximum absolute atomic E-state index is 5.88. The second-order valence-electron chi connectivity index (χ2n) is 7.41. The Morgan fingerprint density at radius 2 is 1.85 bits per heavy atom. The van der Waals surface area contributed by atoms with Crippen molar-refractivity contribution in [2.24, 2.45) is 5.41 Å². The van der Waals surface area contributed by atoms with E-state index in [9.17, 15) is 0 Å². The smallest absolute Gasteiger partial charge is 0.120 e. The Labute approximate surface area is 169 Å². The quantitative estimate of drug-likeness (QED) is 0.619. The van der Waals surface area contributed by atoms with Crippen molar-refractivity contribution >= 4 is 12.4 Å². The van der Waals surface area contributed by atoms with Crippen LogP contribution in [0.25, 0.3) is 0 Å². The molecule has 1 aromatic heterocycles. The van der Waals surface area contributed by atoms with Crippen LogP contribution in [0.5, 0.6) is 5.75 Å². The number of nitrogens with zero attached hydrogens (tertiary/aromatic N) is 2. The van der Waals surface area contributed by atoms with Gasteiger partial charge in [-0.15, -0.1) is 12.4 Å². The largest absolute Gasteiger partial charge is 0.489 e. The lowest BCUT2D eigenvalue weighted by molar-refractivity contribution is 0.304. The summed E-state index contributed by atoms with van der Waals surface area (Å²) < 4.78 is 5.88. The van der Waals surface area contributed by atoms with Crippen LogP contribution in [0.15, 0.2) is 60.9 Å². The van der Waals surface area contributed by atoms with Gasteiger partial charge in [0.15, 0.2) is 0 Å². The molecule has 3 nitrogen and oxygen atoms in total. The first-order valence-electron chi connectivity index (χ1n) is 8.89. The van der Waals surface area contributed by atoms with Crippen LogP contribution in [-0.2, 0) is 13.2 Å². The number of allylic oxidation sites excluding steroid dienone is 1. The molecule has 144 valence electrons. The summed E-state index contributed by atoms with van der Waals surface area (Å²) in [7, 11) is 2.10. The molecule has 0 bridgehead atoms. The van der Waals surface area contributed by atoms with E-state index in [1.54, 1.807) is 12.4 Å². The fourth-order valence-corrected chi connectivity index (χ4v) is 2.31. The number of rotatable bonds is 7. The van der Waals surface area contributed by atoms with Crippen molar-refractivity contribution < 1.29 is 4.74 Å². The highest BCUT2D eigenvalue weighted by atomic mass is 35.5. The zero-order chi connectivity index (χ0) is 18.8. The van der Waals surface area contributed by atoms with Gasteiger partial charge in [-0.2, -0.15) is 0 Å². The highest BCUT2D eigenvalue weighted by molar-refractivity contribution is 5.85. The normalized spacial score (nSPS) is 11.0. The minimum absolute atomic E-state index is 0. The maximum atomic E-state index is 5.88. The van der Waals surface area contributed by atoms with Crippen molar-refractivity contribution in [2.45, 2.75) is 33.9 Å². The summed E-state index contributed by atoms with van der Waals surface area (Å²) >= 11 is 0. The summed E-state index contributed by atoms with van der Waals surface area (Å²) in [6.07, 6.45) is 7.60. The molecule has 0 unspecified atom stereocenters. The minimum Gasteiger partial charge on any atom is -0.489 e. The van der Waals surface area contributed by atoms with E-state index in [1.165, 1.54) is 5.56 Å². The van der Waals surface area contributed by atoms with Crippen molar-refractivity contribution in [3.8, 4) is 17.6 Å². The Morgan fingerprint density at radius 1 is 1.11 bits per heavy atom. The molecule has 0 saturated carbocycles. The van der Waals surface area contributed by atoms with Crippen LogP contribution in [0.4, 0.5) is 0 Å². The van der Waals surface area contributed by atoms with Crippen molar-refractivity contribution in [1.82, 2.24) is 9.88 Å². The summed E-state index contributed by atoms with van der Waals surface area (Å²) in [6.45, 7) is 8.62. The average molecular weight is 385 g/mol. The molecule has 0 aliphatic carbocycles. The van der Waals surface area contributed by atoms with Crippen molar-refractivity contribution in [3.05, 3.63) is 72.1 Å². The van der Waals surface area contributed by atoms with Crippen molar-refractivity contribution in [1.29, 1.82) is 0 Å². The molecule has 0 fully saturated rings.